The molecule has 3 aromatic rings. The highest BCUT2D eigenvalue weighted by Gasteiger charge is 2.14. The van der Waals surface area contributed by atoms with E-state index in [4.69, 9.17) is 10.5 Å². The minimum atomic E-state index is -0.646. The Morgan fingerprint density at radius 2 is 1.76 bits per heavy atom. The van der Waals surface area contributed by atoms with Crippen molar-refractivity contribution in [3.05, 3.63) is 70.7 Å². The van der Waals surface area contributed by atoms with Gasteiger partial charge in [-0.15, -0.1) is 0 Å². The number of rotatable bonds is 4. The lowest BCUT2D eigenvalue weighted by Gasteiger charge is -2.09. The fourth-order valence-electron chi connectivity index (χ4n) is 2.38. The van der Waals surface area contributed by atoms with Gasteiger partial charge in [-0.2, -0.15) is 0 Å². The topological polar surface area (TPSA) is 81.4 Å². The predicted molar refractivity (Wildman–Crippen MR) is 101 cm³/mol. The molecule has 0 radical (unpaired) electrons. The number of carbonyl (C=O) groups excluding carboxylic acids is 2. The van der Waals surface area contributed by atoms with Crippen molar-refractivity contribution in [3.8, 4) is 0 Å². The largest absolute Gasteiger partial charge is 0.452 e. The van der Waals surface area contributed by atoms with E-state index < -0.39 is 18.5 Å². The molecule has 5 nitrogen and oxygen atoms in total. The van der Waals surface area contributed by atoms with Gasteiger partial charge in [-0.3, -0.25) is 4.79 Å². The lowest BCUT2D eigenvalue weighted by Crippen LogP contribution is -2.21. The number of benzene rings is 3. The van der Waals surface area contributed by atoms with Crippen LogP contribution in [-0.4, -0.2) is 18.5 Å². The summed E-state index contributed by atoms with van der Waals surface area (Å²) in [6, 6.07) is 18.3. The van der Waals surface area contributed by atoms with Crippen LogP contribution in [-0.2, 0) is 9.53 Å². The van der Waals surface area contributed by atoms with Gasteiger partial charge in [0.25, 0.3) is 5.91 Å². The number of nitrogens with one attached hydrogen (secondary N) is 1. The average molecular weight is 399 g/mol. The molecule has 0 saturated carbocycles. The van der Waals surface area contributed by atoms with Crippen LogP contribution in [0.2, 0.25) is 0 Å². The first-order valence-electron chi connectivity index (χ1n) is 7.54. The zero-order valence-corrected chi connectivity index (χ0v) is 14.7. The van der Waals surface area contributed by atoms with E-state index in [9.17, 15) is 9.59 Å². The number of fused-ring (bicyclic) bond motifs is 1. The van der Waals surface area contributed by atoms with Crippen molar-refractivity contribution in [1.29, 1.82) is 0 Å². The quantitative estimate of drug-likeness (QED) is 0.514. The Morgan fingerprint density at radius 1 is 1.00 bits per heavy atom. The highest BCUT2D eigenvalue weighted by atomic mass is 79.9. The van der Waals surface area contributed by atoms with Crippen molar-refractivity contribution in [2.75, 3.05) is 17.7 Å². The van der Waals surface area contributed by atoms with Crippen molar-refractivity contribution in [3.63, 3.8) is 0 Å². The summed E-state index contributed by atoms with van der Waals surface area (Å²) in [6.07, 6.45) is 0. The molecule has 6 heteroatoms. The maximum absolute atomic E-state index is 12.0. The van der Waals surface area contributed by atoms with Gasteiger partial charge in [-0.1, -0.05) is 46.3 Å². The molecule has 0 fully saturated rings. The molecule has 0 aliphatic carbocycles. The molecule has 0 aliphatic heterocycles. The zero-order chi connectivity index (χ0) is 17.8. The summed E-state index contributed by atoms with van der Waals surface area (Å²) in [5, 5.41) is 4.80. The summed E-state index contributed by atoms with van der Waals surface area (Å²) < 4.78 is 5.74. The highest BCUT2D eigenvalue weighted by molar-refractivity contribution is 9.10. The second-order valence-corrected chi connectivity index (χ2v) is 6.33. The summed E-state index contributed by atoms with van der Waals surface area (Å²) in [5.74, 6) is -1.07. The van der Waals surface area contributed by atoms with Gasteiger partial charge < -0.3 is 15.8 Å². The number of esters is 1. The first kappa shape index (κ1) is 17.0. The lowest BCUT2D eigenvalue weighted by molar-refractivity contribution is -0.119. The van der Waals surface area contributed by atoms with E-state index in [-0.39, 0.29) is 5.56 Å². The maximum Gasteiger partial charge on any atom is 0.340 e. The number of ether oxygens (including phenoxy) is 1. The molecule has 0 atom stereocenters. The van der Waals surface area contributed by atoms with E-state index in [1.165, 1.54) is 0 Å². The normalized spacial score (nSPS) is 10.4. The Morgan fingerprint density at radius 3 is 2.56 bits per heavy atom. The van der Waals surface area contributed by atoms with Gasteiger partial charge in [0.2, 0.25) is 0 Å². The highest BCUT2D eigenvalue weighted by Crippen LogP contribution is 2.20. The fourth-order valence-corrected chi connectivity index (χ4v) is 2.74. The van der Waals surface area contributed by atoms with E-state index in [1.54, 1.807) is 24.3 Å². The third kappa shape index (κ3) is 4.16. The number of amides is 1. The zero-order valence-electron chi connectivity index (χ0n) is 13.2. The molecule has 0 spiro atoms. The van der Waals surface area contributed by atoms with E-state index in [0.717, 1.165) is 10.8 Å². The molecule has 0 aliphatic rings. The van der Waals surface area contributed by atoms with Crippen LogP contribution in [0.3, 0.4) is 0 Å². The number of carbonyl (C=O) groups is 2. The summed E-state index contributed by atoms with van der Waals surface area (Å²) in [4.78, 5) is 24.1. The van der Waals surface area contributed by atoms with Crippen LogP contribution in [0.5, 0.6) is 0 Å². The minimum Gasteiger partial charge on any atom is -0.452 e. The van der Waals surface area contributed by atoms with Crippen molar-refractivity contribution >= 4 is 50.0 Å². The molecule has 1 amide bonds. The second kappa shape index (κ2) is 7.36. The number of nitrogens with two attached hydrogens (primary N) is 1. The standard InChI is InChI=1S/C19H15BrN2O3/c20-14-6-8-17(21)16(10-14)19(24)25-11-18(23)22-15-7-5-12-3-1-2-4-13(12)9-15/h1-10H,11,21H2,(H,22,23). The molecule has 3 N–H and O–H groups in total. The Hall–Kier alpha value is -2.86. The first-order valence-corrected chi connectivity index (χ1v) is 8.33. The van der Waals surface area contributed by atoms with Crippen LogP contribution in [0.25, 0.3) is 10.8 Å². The molecule has 0 saturated heterocycles. The number of nitrogen functional groups attached to an aromatic ring is 1. The van der Waals surface area contributed by atoms with Gasteiger partial charge in [-0.05, 0) is 41.1 Å². The molecule has 0 heterocycles. The molecule has 3 aromatic carbocycles. The Labute approximate surface area is 152 Å². The van der Waals surface area contributed by atoms with Crippen molar-refractivity contribution in [1.82, 2.24) is 0 Å². The van der Waals surface area contributed by atoms with Crippen LogP contribution in [0, 0.1) is 0 Å². The predicted octanol–water partition coefficient (Wildman–Crippen LogP) is 3.98. The van der Waals surface area contributed by atoms with Crippen molar-refractivity contribution in [2.24, 2.45) is 0 Å². The Kier molecular flexibility index (Phi) is 5.00. The lowest BCUT2D eigenvalue weighted by atomic mass is 10.1. The van der Waals surface area contributed by atoms with Crippen LogP contribution in [0.4, 0.5) is 11.4 Å². The third-order valence-electron chi connectivity index (χ3n) is 3.60. The maximum atomic E-state index is 12.0. The summed E-state index contributed by atoms with van der Waals surface area (Å²) in [6.45, 7) is -0.391. The monoisotopic (exact) mass is 398 g/mol. The van der Waals surface area contributed by atoms with Crippen LogP contribution >= 0.6 is 15.9 Å². The molecular weight excluding hydrogens is 384 g/mol. The van der Waals surface area contributed by atoms with Gasteiger partial charge in [0.05, 0.1) is 5.56 Å². The molecular formula is C19H15BrN2O3. The first-order chi connectivity index (χ1) is 12.0. The second-order valence-electron chi connectivity index (χ2n) is 5.42. The van der Waals surface area contributed by atoms with Crippen LogP contribution in [0.1, 0.15) is 10.4 Å². The number of halogens is 1. The molecule has 25 heavy (non-hydrogen) atoms. The summed E-state index contributed by atoms with van der Waals surface area (Å²) >= 11 is 3.27. The van der Waals surface area contributed by atoms with E-state index in [1.807, 2.05) is 36.4 Å². The molecule has 3 rings (SSSR count). The van der Waals surface area contributed by atoms with E-state index >= 15 is 0 Å². The van der Waals surface area contributed by atoms with Crippen LogP contribution < -0.4 is 11.1 Å². The van der Waals surface area contributed by atoms with Crippen LogP contribution in [0.15, 0.2) is 65.1 Å². The average Bonchev–Trinajstić information content (AvgIpc) is 2.61. The molecule has 0 aromatic heterocycles. The summed E-state index contributed by atoms with van der Waals surface area (Å²) in [7, 11) is 0. The van der Waals surface area contributed by atoms with E-state index in [0.29, 0.717) is 15.8 Å². The minimum absolute atomic E-state index is 0.216. The van der Waals surface area contributed by atoms with Crippen molar-refractivity contribution in [2.45, 2.75) is 0 Å². The number of hydrogen-bond donors (Lipinski definition) is 2. The Bertz CT molecular complexity index is 956. The molecule has 0 unspecified atom stereocenters. The number of anilines is 2. The number of hydrogen-bond acceptors (Lipinski definition) is 4. The van der Waals surface area contributed by atoms with Gasteiger partial charge in [0.15, 0.2) is 6.61 Å². The fraction of sp³-hybridized carbons (Fsp3) is 0.0526. The molecule has 126 valence electrons. The van der Waals surface area contributed by atoms with Gasteiger partial charge in [0.1, 0.15) is 0 Å². The van der Waals surface area contributed by atoms with E-state index in [2.05, 4.69) is 21.2 Å². The third-order valence-corrected chi connectivity index (χ3v) is 4.10. The summed E-state index contributed by atoms with van der Waals surface area (Å²) in [5.41, 5.74) is 6.90. The Balaban J connectivity index is 1.62. The van der Waals surface area contributed by atoms with Crippen molar-refractivity contribution < 1.29 is 14.3 Å². The van der Waals surface area contributed by atoms with Gasteiger partial charge >= 0.3 is 5.97 Å². The van der Waals surface area contributed by atoms with Gasteiger partial charge in [-0.25, -0.2) is 4.79 Å². The smallest absolute Gasteiger partial charge is 0.340 e. The SMILES string of the molecule is Nc1ccc(Br)cc1C(=O)OCC(=O)Nc1ccc2ccccc2c1. The van der Waals surface area contributed by atoms with Gasteiger partial charge in [0, 0.05) is 15.8 Å². The molecule has 0 bridgehead atoms.